The van der Waals surface area contributed by atoms with E-state index in [1.165, 1.54) is 25.0 Å². The molecule has 1 amide bonds. The highest BCUT2D eigenvalue weighted by Crippen LogP contribution is 2.37. The predicted octanol–water partition coefficient (Wildman–Crippen LogP) is 1.59. The summed E-state index contributed by atoms with van der Waals surface area (Å²) in [6, 6.07) is 6.73. The Bertz CT molecular complexity index is 644. The fourth-order valence-electron chi connectivity index (χ4n) is 4.85. The molecular formula is C21H31FN4O. The number of nitrogens with zero attached hydrogens (tertiary/aromatic N) is 2. The molecule has 3 saturated heterocycles. The lowest BCUT2D eigenvalue weighted by Gasteiger charge is -2.33. The number of amides is 1. The fourth-order valence-corrected chi connectivity index (χ4v) is 4.85. The number of carbonyl (C=O) groups excluding carboxylic acids is 1. The summed E-state index contributed by atoms with van der Waals surface area (Å²) >= 11 is 0. The summed E-state index contributed by atoms with van der Waals surface area (Å²) < 4.78 is 13.1. The highest BCUT2D eigenvalue weighted by Gasteiger charge is 2.43. The van der Waals surface area contributed by atoms with Gasteiger partial charge in [0.25, 0.3) is 0 Å². The van der Waals surface area contributed by atoms with Crippen LogP contribution in [0.3, 0.4) is 0 Å². The topological polar surface area (TPSA) is 47.6 Å². The second-order valence-electron chi connectivity index (χ2n) is 8.47. The van der Waals surface area contributed by atoms with E-state index in [1.54, 1.807) is 0 Å². The van der Waals surface area contributed by atoms with Crippen LogP contribution in [-0.2, 0) is 11.3 Å². The van der Waals surface area contributed by atoms with Gasteiger partial charge in [0.05, 0.1) is 6.04 Å². The smallest absolute Gasteiger partial charge is 0.239 e. The highest BCUT2D eigenvalue weighted by atomic mass is 19.1. The SMILES string of the molecule is O=C([C@H]1CC2(CCNCC2)CN1)N1CCCN(Cc2ccc(F)cc2)CC1. The van der Waals surface area contributed by atoms with Crippen molar-refractivity contribution in [2.75, 3.05) is 45.8 Å². The van der Waals surface area contributed by atoms with E-state index in [-0.39, 0.29) is 17.8 Å². The van der Waals surface area contributed by atoms with Crippen LogP contribution in [0.15, 0.2) is 24.3 Å². The van der Waals surface area contributed by atoms with Crippen molar-refractivity contribution in [3.05, 3.63) is 35.6 Å². The normalized spacial score (nSPS) is 26.3. The summed E-state index contributed by atoms with van der Waals surface area (Å²) in [4.78, 5) is 17.5. The monoisotopic (exact) mass is 374 g/mol. The lowest BCUT2D eigenvalue weighted by atomic mass is 9.77. The van der Waals surface area contributed by atoms with E-state index in [9.17, 15) is 9.18 Å². The number of halogens is 1. The summed E-state index contributed by atoms with van der Waals surface area (Å²) in [5.41, 5.74) is 1.45. The Morgan fingerprint density at radius 2 is 1.89 bits per heavy atom. The van der Waals surface area contributed by atoms with Crippen molar-refractivity contribution in [2.24, 2.45) is 5.41 Å². The second-order valence-corrected chi connectivity index (χ2v) is 8.47. The number of hydrogen-bond donors (Lipinski definition) is 2. The lowest BCUT2D eigenvalue weighted by Crippen LogP contribution is -2.45. The average molecular weight is 375 g/mol. The van der Waals surface area contributed by atoms with Gasteiger partial charge in [-0.1, -0.05) is 12.1 Å². The third-order valence-corrected chi connectivity index (χ3v) is 6.54. The van der Waals surface area contributed by atoms with Gasteiger partial charge in [0, 0.05) is 39.3 Å². The van der Waals surface area contributed by atoms with Crippen LogP contribution in [0.5, 0.6) is 0 Å². The summed E-state index contributed by atoms with van der Waals surface area (Å²) in [7, 11) is 0. The van der Waals surface area contributed by atoms with Gasteiger partial charge < -0.3 is 15.5 Å². The summed E-state index contributed by atoms with van der Waals surface area (Å²) in [5.74, 6) is 0.0935. The minimum absolute atomic E-state index is 0.00764. The molecule has 0 aromatic heterocycles. The second kappa shape index (κ2) is 8.25. The molecule has 3 aliphatic rings. The quantitative estimate of drug-likeness (QED) is 0.844. The molecule has 3 fully saturated rings. The van der Waals surface area contributed by atoms with Crippen molar-refractivity contribution in [3.63, 3.8) is 0 Å². The number of benzene rings is 1. The maximum absolute atomic E-state index is 13.1. The molecule has 1 atom stereocenters. The molecule has 4 rings (SSSR count). The molecule has 3 heterocycles. The zero-order valence-corrected chi connectivity index (χ0v) is 16.1. The van der Waals surface area contributed by atoms with E-state index >= 15 is 0 Å². The first-order valence-corrected chi connectivity index (χ1v) is 10.3. The molecule has 148 valence electrons. The molecule has 1 spiro atoms. The minimum Gasteiger partial charge on any atom is -0.340 e. The van der Waals surface area contributed by atoms with Gasteiger partial charge in [-0.3, -0.25) is 9.69 Å². The van der Waals surface area contributed by atoms with Crippen molar-refractivity contribution in [2.45, 2.75) is 38.3 Å². The maximum Gasteiger partial charge on any atom is 0.239 e. The zero-order valence-electron chi connectivity index (χ0n) is 16.1. The maximum atomic E-state index is 13.1. The van der Waals surface area contributed by atoms with Crippen LogP contribution in [-0.4, -0.2) is 67.6 Å². The van der Waals surface area contributed by atoms with Crippen molar-refractivity contribution in [1.82, 2.24) is 20.4 Å². The van der Waals surface area contributed by atoms with E-state index < -0.39 is 0 Å². The Labute approximate surface area is 161 Å². The third kappa shape index (κ3) is 4.50. The highest BCUT2D eigenvalue weighted by molar-refractivity contribution is 5.82. The summed E-state index contributed by atoms with van der Waals surface area (Å²) in [5, 5.41) is 6.95. The molecule has 0 bridgehead atoms. The first kappa shape index (κ1) is 18.8. The first-order valence-electron chi connectivity index (χ1n) is 10.3. The first-order chi connectivity index (χ1) is 13.1. The molecule has 0 radical (unpaired) electrons. The largest absolute Gasteiger partial charge is 0.340 e. The molecule has 27 heavy (non-hydrogen) atoms. The van der Waals surface area contributed by atoms with Gasteiger partial charge in [0.15, 0.2) is 0 Å². The summed E-state index contributed by atoms with van der Waals surface area (Å²) in [6.07, 6.45) is 4.34. The van der Waals surface area contributed by atoms with E-state index in [1.807, 2.05) is 12.1 Å². The molecule has 2 N–H and O–H groups in total. The summed E-state index contributed by atoms with van der Waals surface area (Å²) in [6.45, 7) is 7.43. The Morgan fingerprint density at radius 1 is 1.11 bits per heavy atom. The number of hydrogen-bond acceptors (Lipinski definition) is 4. The van der Waals surface area contributed by atoms with Crippen LogP contribution in [0.1, 0.15) is 31.2 Å². The lowest BCUT2D eigenvalue weighted by molar-refractivity contribution is -0.133. The molecule has 5 nitrogen and oxygen atoms in total. The standard InChI is InChI=1S/C21H31FN4O/c22-18-4-2-17(3-5-18)15-25-10-1-11-26(13-12-25)20(27)19-14-21(16-24-19)6-8-23-9-7-21/h2-5,19,23-24H,1,6-16H2/t19-/m1/s1. The number of piperidine rings is 1. The Hall–Kier alpha value is -1.50. The number of rotatable bonds is 3. The molecule has 0 aliphatic carbocycles. The van der Waals surface area contributed by atoms with Crippen LogP contribution in [0.4, 0.5) is 4.39 Å². The molecule has 6 heteroatoms. The van der Waals surface area contributed by atoms with Gasteiger partial charge in [-0.2, -0.15) is 0 Å². The van der Waals surface area contributed by atoms with Crippen LogP contribution in [0.25, 0.3) is 0 Å². The van der Waals surface area contributed by atoms with Crippen molar-refractivity contribution in [3.8, 4) is 0 Å². The molecule has 1 aromatic rings. The third-order valence-electron chi connectivity index (χ3n) is 6.54. The van der Waals surface area contributed by atoms with E-state index in [2.05, 4.69) is 20.4 Å². The van der Waals surface area contributed by atoms with E-state index in [4.69, 9.17) is 0 Å². The van der Waals surface area contributed by atoms with Gasteiger partial charge in [-0.25, -0.2) is 4.39 Å². The van der Waals surface area contributed by atoms with Gasteiger partial charge in [0.1, 0.15) is 5.82 Å². The van der Waals surface area contributed by atoms with Crippen LogP contribution >= 0.6 is 0 Å². The Balaban J connectivity index is 1.30. The van der Waals surface area contributed by atoms with Crippen molar-refractivity contribution < 1.29 is 9.18 Å². The molecular weight excluding hydrogens is 343 g/mol. The van der Waals surface area contributed by atoms with Gasteiger partial charge >= 0.3 is 0 Å². The number of carbonyl (C=O) groups is 1. The van der Waals surface area contributed by atoms with Crippen molar-refractivity contribution in [1.29, 1.82) is 0 Å². The molecule has 0 unspecified atom stereocenters. The molecule has 0 saturated carbocycles. The minimum atomic E-state index is -0.193. The van der Waals surface area contributed by atoms with Crippen LogP contribution in [0.2, 0.25) is 0 Å². The van der Waals surface area contributed by atoms with Crippen molar-refractivity contribution >= 4 is 5.91 Å². The predicted molar refractivity (Wildman–Crippen MR) is 104 cm³/mol. The Kier molecular flexibility index (Phi) is 5.76. The van der Waals surface area contributed by atoms with E-state index in [0.717, 1.165) is 70.8 Å². The van der Waals surface area contributed by atoms with Gasteiger partial charge in [-0.15, -0.1) is 0 Å². The number of nitrogens with one attached hydrogen (secondary N) is 2. The van der Waals surface area contributed by atoms with Gasteiger partial charge in [0.2, 0.25) is 5.91 Å². The van der Waals surface area contributed by atoms with Crippen LogP contribution in [0, 0.1) is 11.2 Å². The fraction of sp³-hybridized carbons (Fsp3) is 0.667. The Morgan fingerprint density at radius 3 is 2.67 bits per heavy atom. The molecule has 3 aliphatic heterocycles. The average Bonchev–Trinajstić information content (AvgIpc) is 2.94. The van der Waals surface area contributed by atoms with Crippen LogP contribution < -0.4 is 10.6 Å². The van der Waals surface area contributed by atoms with E-state index in [0.29, 0.717) is 5.41 Å². The zero-order chi connectivity index (χ0) is 18.7. The van der Waals surface area contributed by atoms with Gasteiger partial charge in [-0.05, 0) is 61.9 Å². The molecule has 1 aromatic carbocycles.